The Morgan fingerprint density at radius 2 is 1.94 bits per heavy atom. The van der Waals surface area contributed by atoms with Crippen molar-refractivity contribution in [1.82, 2.24) is 4.90 Å². The smallest absolute Gasteiger partial charge is 0.287 e. The molecule has 0 aromatic heterocycles. The minimum absolute atomic E-state index is 0.0660. The molecule has 0 bridgehead atoms. The molecular weight excluding hydrogens is 222 g/mol. The number of nitrogens with one attached hydrogen (secondary N) is 1. The molecule has 2 rings (SSSR count). The fourth-order valence-corrected chi connectivity index (χ4v) is 2.70. The molecule has 0 unspecified atom stereocenters. The maximum atomic E-state index is 11.8. The van der Waals surface area contributed by atoms with E-state index in [2.05, 4.69) is 0 Å². The van der Waals surface area contributed by atoms with Gasteiger partial charge in [-0.3, -0.25) is 19.3 Å². The van der Waals surface area contributed by atoms with E-state index in [1.54, 1.807) is 0 Å². The second kappa shape index (κ2) is 4.44. The topological polar surface area (TPSA) is 84.9 Å². The minimum atomic E-state index is -0.255. The summed E-state index contributed by atoms with van der Waals surface area (Å²) < 4.78 is 0. The molecule has 2 aliphatic heterocycles. The molecule has 0 aromatic rings. The number of imide groups is 1. The van der Waals surface area contributed by atoms with Crippen LogP contribution in [0.15, 0.2) is 0 Å². The van der Waals surface area contributed by atoms with Gasteiger partial charge in [0.05, 0.1) is 19.5 Å². The molecule has 3 N–H and O–H groups in total. The molecule has 0 spiro atoms. The lowest BCUT2D eigenvalue weighted by atomic mass is 9.95. The molecule has 6 nitrogen and oxygen atoms in total. The number of nitrogens with two attached hydrogens (primary N) is 1. The number of carbonyl (C=O) groups excluding carboxylic acids is 3. The molecule has 0 aliphatic carbocycles. The highest BCUT2D eigenvalue weighted by molar-refractivity contribution is 6.04. The largest absolute Gasteiger partial charge is 0.369 e. The van der Waals surface area contributed by atoms with Crippen LogP contribution in [-0.4, -0.2) is 48.8 Å². The van der Waals surface area contributed by atoms with Crippen molar-refractivity contribution in [2.45, 2.75) is 25.3 Å². The van der Waals surface area contributed by atoms with Crippen molar-refractivity contribution in [3.63, 3.8) is 0 Å². The van der Waals surface area contributed by atoms with Gasteiger partial charge in [-0.2, -0.15) is 0 Å². The number of likely N-dealkylation sites (tertiary alicyclic amines) is 2. The zero-order valence-corrected chi connectivity index (χ0v) is 9.94. The van der Waals surface area contributed by atoms with E-state index in [0.29, 0.717) is 19.3 Å². The van der Waals surface area contributed by atoms with E-state index in [1.165, 1.54) is 11.9 Å². The molecule has 0 radical (unpaired) electrons. The van der Waals surface area contributed by atoms with Crippen LogP contribution in [0.1, 0.15) is 19.3 Å². The first kappa shape index (κ1) is 12.0. The third-order valence-corrected chi connectivity index (χ3v) is 3.90. The molecule has 0 saturated carbocycles. The van der Waals surface area contributed by atoms with Crippen LogP contribution in [0.5, 0.6) is 0 Å². The molecule has 94 valence electrons. The standard InChI is InChI=1S/C11H17N3O3/c1-13-9(15)6-8(11(13)17)14-4-2-7(3-5-14)10(12)16/h7-8H,2-6H2,1H3,(H2,12,16)/p+1/t8-/m0/s1. The summed E-state index contributed by atoms with van der Waals surface area (Å²) in [6.45, 7) is 1.48. The highest BCUT2D eigenvalue weighted by Gasteiger charge is 2.44. The van der Waals surface area contributed by atoms with Gasteiger partial charge >= 0.3 is 0 Å². The van der Waals surface area contributed by atoms with Crippen LogP contribution in [0.4, 0.5) is 0 Å². The van der Waals surface area contributed by atoms with Gasteiger partial charge < -0.3 is 10.6 Å². The summed E-state index contributed by atoms with van der Waals surface area (Å²) in [5, 5.41) is 0. The monoisotopic (exact) mass is 240 g/mol. The zero-order chi connectivity index (χ0) is 12.6. The van der Waals surface area contributed by atoms with Crippen molar-refractivity contribution in [3.05, 3.63) is 0 Å². The highest BCUT2D eigenvalue weighted by atomic mass is 16.2. The number of quaternary nitrogens is 1. The SMILES string of the molecule is CN1C(=O)C[C@H]([NH+]2CCC(C(N)=O)CC2)C1=O. The summed E-state index contributed by atoms with van der Waals surface area (Å²) in [7, 11) is 1.53. The summed E-state index contributed by atoms with van der Waals surface area (Å²) in [6.07, 6.45) is 1.73. The second-order valence-corrected chi connectivity index (χ2v) is 4.88. The van der Waals surface area contributed by atoms with Crippen LogP contribution in [0, 0.1) is 5.92 Å². The number of hydrogen-bond acceptors (Lipinski definition) is 3. The fraction of sp³-hybridized carbons (Fsp3) is 0.727. The van der Waals surface area contributed by atoms with Gasteiger partial charge in [0.15, 0.2) is 6.04 Å². The Balaban J connectivity index is 1.96. The first-order chi connectivity index (χ1) is 8.00. The van der Waals surface area contributed by atoms with E-state index in [0.717, 1.165) is 18.0 Å². The Labute approximate surface area is 99.7 Å². The molecule has 0 aromatic carbocycles. The normalized spacial score (nSPS) is 34.2. The zero-order valence-electron chi connectivity index (χ0n) is 9.94. The summed E-state index contributed by atoms with van der Waals surface area (Å²) in [5.74, 6) is -0.522. The molecule has 2 heterocycles. The predicted molar refractivity (Wildman–Crippen MR) is 58.8 cm³/mol. The quantitative estimate of drug-likeness (QED) is 0.524. The molecule has 6 heteroatoms. The Morgan fingerprint density at radius 3 is 2.35 bits per heavy atom. The van der Waals surface area contributed by atoms with Crippen LogP contribution in [0.25, 0.3) is 0 Å². The van der Waals surface area contributed by atoms with Gasteiger partial charge in [0.2, 0.25) is 11.8 Å². The van der Waals surface area contributed by atoms with E-state index >= 15 is 0 Å². The lowest BCUT2D eigenvalue weighted by Gasteiger charge is -2.30. The van der Waals surface area contributed by atoms with Crippen molar-refractivity contribution in [1.29, 1.82) is 0 Å². The number of carbonyl (C=O) groups is 3. The van der Waals surface area contributed by atoms with E-state index in [1.807, 2.05) is 0 Å². The summed E-state index contributed by atoms with van der Waals surface area (Å²) >= 11 is 0. The molecule has 17 heavy (non-hydrogen) atoms. The van der Waals surface area contributed by atoms with Crippen molar-refractivity contribution in [3.8, 4) is 0 Å². The molecule has 1 atom stereocenters. The molecular formula is C11H18N3O3+. The second-order valence-electron chi connectivity index (χ2n) is 4.88. The van der Waals surface area contributed by atoms with E-state index in [4.69, 9.17) is 5.73 Å². The van der Waals surface area contributed by atoms with Gasteiger partial charge in [-0.05, 0) is 0 Å². The molecule has 3 amide bonds. The lowest BCUT2D eigenvalue weighted by Crippen LogP contribution is -3.17. The van der Waals surface area contributed by atoms with Crippen molar-refractivity contribution in [2.75, 3.05) is 20.1 Å². The number of likely N-dealkylation sites (N-methyl/N-ethyl adjacent to an activating group) is 1. The Bertz CT molecular complexity index is 361. The first-order valence-electron chi connectivity index (χ1n) is 5.95. The first-order valence-corrected chi connectivity index (χ1v) is 5.95. The van der Waals surface area contributed by atoms with E-state index in [9.17, 15) is 14.4 Å². The average Bonchev–Trinajstić information content (AvgIpc) is 2.57. The van der Waals surface area contributed by atoms with Gasteiger partial charge in [0, 0.05) is 25.8 Å². The van der Waals surface area contributed by atoms with Crippen molar-refractivity contribution < 1.29 is 19.3 Å². The predicted octanol–water partition coefficient (Wildman–Crippen LogP) is -2.48. The Hall–Kier alpha value is -1.43. The summed E-state index contributed by atoms with van der Waals surface area (Å²) in [4.78, 5) is 36.6. The van der Waals surface area contributed by atoms with E-state index in [-0.39, 0.29) is 29.7 Å². The Morgan fingerprint density at radius 1 is 1.35 bits per heavy atom. The third-order valence-electron chi connectivity index (χ3n) is 3.90. The van der Waals surface area contributed by atoms with Gasteiger partial charge in [0.25, 0.3) is 5.91 Å². The number of amides is 3. The number of hydrogen-bond donors (Lipinski definition) is 2. The van der Waals surface area contributed by atoms with Gasteiger partial charge in [-0.1, -0.05) is 0 Å². The average molecular weight is 240 g/mol. The molecule has 2 aliphatic rings. The molecule has 2 saturated heterocycles. The third kappa shape index (κ3) is 2.17. The minimum Gasteiger partial charge on any atom is -0.369 e. The summed E-state index contributed by atoms with van der Waals surface area (Å²) in [5.41, 5.74) is 5.26. The van der Waals surface area contributed by atoms with Gasteiger partial charge in [-0.25, -0.2) is 0 Å². The van der Waals surface area contributed by atoms with Crippen LogP contribution < -0.4 is 10.6 Å². The lowest BCUT2D eigenvalue weighted by molar-refractivity contribution is -0.920. The number of primary amides is 1. The van der Waals surface area contributed by atoms with Crippen LogP contribution in [0.2, 0.25) is 0 Å². The fourth-order valence-electron chi connectivity index (χ4n) is 2.70. The van der Waals surface area contributed by atoms with Crippen LogP contribution in [0.3, 0.4) is 0 Å². The van der Waals surface area contributed by atoms with Crippen molar-refractivity contribution >= 4 is 17.7 Å². The van der Waals surface area contributed by atoms with Gasteiger partial charge in [-0.15, -0.1) is 0 Å². The van der Waals surface area contributed by atoms with Crippen molar-refractivity contribution in [2.24, 2.45) is 11.7 Å². The Kier molecular flexibility index (Phi) is 3.15. The number of piperidine rings is 1. The van der Waals surface area contributed by atoms with Crippen LogP contribution in [-0.2, 0) is 14.4 Å². The maximum Gasteiger partial charge on any atom is 0.287 e. The highest BCUT2D eigenvalue weighted by Crippen LogP contribution is 2.12. The molecule has 2 fully saturated rings. The van der Waals surface area contributed by atoms with Gasteiger partial charge in [0.1, 0.15) is 0 Å². The van der Waals surface area contributed by atoms with E-state index < -0.39 is 0 Å². The number of nitrogens with zero attached hydrogens (tertiary/aromatic N) is 1. The maximum absolute atomic E-state index is 11.8. The van der Waals surface area contributed by atoms with Crippen LogP contribution >= 0.6 is 0 Å². The number of rotatable bonds is 2. The summed E-state index contributed by atoms with van der Waals surface area (Å²) in [6, 6.07) is -0.249.